The first kappa shape index (κ1) is 13.6. The van der Waals surface area contributed by atoms with Crippen molar-refractivity contribution in [2.75, 3.05) is 5.75 Å². The highest BCUT2D eigenvalue weighted by atomic mass is 35.5. The Hall–Kier alpha value is -0.440. The highest BCUT2D eigenvalue weighted by Gasteiger charge is 1.95. The van der Waals surface area contributed by atoms with E-state index in [1.54, 1.807) is 13.0 Å². The Morgan fingerprint density at radius 3 is 2.50 bits per heavy atom. The topological polar surface area (TPSA) is 17.1 Å². The van der Waals surface area contributed by atoms with Crippen LogP contribution in [0.1, 0.15) is 18.9 Å². The van der Waals surface area contributed by atoms with Crippen LogP contribution in [-0.4, -0.2) is 10.9 Å². The molecule has 0 aliphatic rings. The van der Waals surface area contributed by atoms with E-state index < -0.39 is 0 Å². The van der Waals surface area contributed by atoms with Crippen LogP contribution in [0.5, 0.6) is 0 Å². The molecule has 0 bridgehead atoms. The summed E-state index contributed by atoms with van der Waals surface area (Å²) in [6.07, 6.45) is 4.82. The Balaban J connectivity index is 2.46. The normalized spacial score (nSPS) is 10.9. The molecule has 0 spiro atoms. The van der Waals surface area contributed by atoms with E-state index in [9.17, 15) is 4.79 Å². The molecule has 4 heteroatoms. The zero-order chi connectivity index (χ0) is 12.0. The maximum absolute atomic E-state index is 10.7. The van der Waals surface area contributed by atoms with Gasteiger partial charge in [-0.2, -0.15) is 0 Å². The SMILES string of the molecule is CC(=O)SCCC=Cc1cc(Cl)cc(Cl)c1. The monoisotopic (exact) mass is 274 g/mol. The van der Waals surface area contributed by atoms with Crippen LogP contribution in [0.4, 0.5) is 0 Å². The van der Waals surface area contributed by atoms with E-state index in [4.69, 9.17) is 23.2 Å². The van der Waals surface area contributed by atoms with Crippen molar-refractivity contribution in [2.45, 2.75) is 13.3 Å². The quantitative estimate of drug-likeness (QED) is 0.742. The average Bonchev–Trinajstić information content (AvgIpc) is 2.15. The van der Waals surface area contributed by atoms with E-state index in [1.807, 2.05) is 24.3 Å². The van der Waals surface area contributed by atoms with Gasteiger partial charge in [-0.05, 0) is 30.2 Å². The summed E-state index contributed by atoms with van der Waals surface area (Å²) in [6.45, 7) is 1.57. The van der Waals surface area contributed by atoms with E-state index >= 15 is 0 Å². The molecule has 0 aromatic heterocycles. The van der Waals surface area contributed by atoms with Gasteiger partial charge in [-0.15, -0.1) is 0 Å². The molecule has 0 saturated carbocycles. The minimum atomic E-state index is 0.152. The van der Waals surface area contributed by atoms with Gasteiger partial charge in [0.1, 0.15) is 0 Å². The Kier molecular flexibility index (Phi) is 5.96. The predicted octanol–water partition coefficient (Wildman–Crippen LogP) is 4.68. The average molecular weight is 275 g/mol. The molecule has 1 rings (SSSR count). The minimum absolute atomic E-state index is 0.152. The summed E-state index contributed by atoms with van der Waals surface area (Å²) in [5.74, 6) is 0.806. The Morgan fingerprint density at radius 1 is 1.31 bits per heavy atom. The molecule has 0 heterocycles. The second kappa shape index (κ2) is 7.00. The minimum Gasteiger partial charge on any atom is -0.288 e. The van der Waals surface area contributed by atoms with Gasteiger partial charge in [0.25, 0.3) is 0 Å². The third-order valence-corrected chi connectivity index (χ3v) is 3.07. The van der Waals surface area contributed by atoms with Crippen molar-refractivity contribution >= 4 is 46.2 Å². The molecule has 0 radical (unpaired) electrons. The Labute approximate surface area is 110 Å². The fourth-order valence-corrected chi connectivity index (χ4v) is 2.25. The molecule has 0 aliphatic carbocycles. The highest BCUT2D eigenvalue weighted by molar-refractivity contribution is 8.13. The van der Waals surface area contributed by atoms with E-state index in [2.05, 4.69) is 0 Å². The summed E-state index contributed by atoms with van der Waals surface area (Å²) in [4.78, 5) is 10.7. The number of carbonyl (C=O) groups is 1. The van der Waals surface area contributed by atoms with Gasteiger partial charge in [-0.3, -0.25) is 4.79 Å². The lowest BCUT2D eigenvalue weighted by molar-refractivity contribution is -0.109. The number of benzene rings is 1. The van der Waals surface area contributed by atoms with Gasteiger partial charge >= 0.3 is 0 Å². The van der Waals surface area contributed by atoms with Gasteiger partial charge in [0.05, 0.1) is 0 Å². The molecule has 1 nitrogen and oxygen atoms in total. The largest absolute Gasteiger partial charge is 0.288 e. The fraction of sp³-hybridized carbons (Fsp3) is 0.250. The van der Waals surface area contributed by atoms with Crippen LogP contribution in [0.3, 0.4) is 0 Å². The van der Waals surface area contributed by atoms with Gasteiger partial charge in [0.2, 0.25) is 0 Å². The lowest BCUT2D eigenvalue weighted by Crippen LogP contribution is -1.83. The molecule has 86 valence electrons. The van der Waals surface area contributed by atoms with Crippen molar-refractivity contribution in [3.63, 3.8) is 0 Å². The summed E-state index contributed by atoms with van der Waals surface area (Å²) in [7, 11) is 0. The highest BCUT2D eigenvalue weighted by Crippen LogP contribution is 2.20. The van der Waals surface area contributed by atoms with Gasteiger partial charge in [0, 0.05) is 22.7 Å². The number of thioether (sulfide) groups is 1. The third-order valence-electron chi connectivity index (χ3n) is 1.79. The second-order valence-electron chi connectivity index (χ2n) is 3.23. The number of hydrogen-bond donors (Lipinski definition) is 0. The van der Waals surface area contributed by atoms with Gasteiger partial charge < -0.3 is 0 Å². The van der Waals surface area contributed by atoms with Crippen LogP contribution in [0.15, 0.2) is 24.3 Å². The van der Waals surface area contributed by atoms with Gasteiger partial charge in [0.15, 0.2) is 5.12 Å². The molecule has 1 aromatic carbocycles. The van der Waals surface area contributed by atoms with E-state index in [0.29, 0.717) is 10.0 Å². The third kappa shape index (κ3) is 5.59. The summed E-state index contributed by atoms with van der Waals surface area (Å²) in [5, 5.41) is 1.41. The summed E-state index contributed by atoms with van der Waals surface area (Å²) in [6, 6.07) is 5.40. The van der Waals surface area contributed by atoms with Crippen LogP contribution >= 0.6 is 35.0 Å². The molecule has 0 amide bonds. The van der Waals surface area contributed by atoms with Crippen molar-refractivity contribution in [1.82, 2.24) is 0 Å². The van der Waals surface area contributed by atoms with Crippen molar-refractivity contribution in [1.29, 1.82) is 0 Å². The molecular weight excluding hydrogens is 263 g/mol. The molecule has 0 unspecified atom stereocenters. The number of hydrogen-bond acceptors (Lipinski definition) is 2. The summed E-state index contributed by atoms with van der Waals surface area (Å²) in [5.41, 5.74) is 0.977. The summed E-state index contributed by atoms with van der Waals surface area (Å²) < 4.78 is 0. The standard InChI is InChI=1S/C12H12Cl2OS/c1-9(15)16-5-3-2-4-10-6-11(13)8-12(14)7-10/h2,4,6-8H,3,5H2,1H3. The number of rotatable bonds is 4. The maximum atomic E-state index is 10.7. The van der Waals surface area contributed by atoms with Crippen molar-refractivity contribution < 1.29 is 4.79 Å². The van der Waals surface area contributed by atoms with Crippen LogP contribution in [0, 0.1) is 0 Å². The Bertz CT molecular complexity index is 382. The fourth-order valence-electron chi connectivity index (χ4n) is 1.16. The second-order valence-corrected chi connectivity index (χ2v) is 5.38. The zero-order valence-electron chi connectivity index (χ0n) is 8.87. The van der Waals surface area contributed by atoms with Gasteiger partial charge in [-0.25, -0.2) is 0 Å². The maximum Gasteiger partial charge on any atom is 0.185 e. The van der Waals surface area contributed by atoms with Crippen molar-refractivity contribution in [3.05, 3.63) is 39.9 Å². The molecule has 16 heavy (non-hydrogen) atoms. The number of carbonyl (C=O) groups excluding carboxylic acids is 1. The van der Waals surface area contributed by atoms with E-state index in [-0.39, 0.29) is 5.12 Å². The molecule has 0 saturated heterocycles. The predicted molar refractivity (Wildman–Crippen MR) is 73.3 cm³/mol. The molecule has 0 N–H and O–H groups in total. The lowest BCUT2D eigenvalue weighted by atomic mass is 10.2. The number of halogens is 2. The Morgan fingerprint density at radius 2 is 1.94 bits per heavy atom. The molecule has 0 aliphatic heterocycles. The van der Waals surface area contributed by atoms with E-state index in [0.717, 1.165) is 17.7 Å². The smallest absolute Gasteiger partial charge is 0.185 e. The molecule has 0 atom stereocenters. The lowest BCUT2D eigenvalue weighted by Gasteiger charge is -1.97. The summed E-state index contributed by atoms with van der Waals surface area (Å²) >= 11 is 13.1. The molecule has 0 fully saturated rings. The van der Waals surface area contributed by atoms with Crippen LogP contribution in [-0.2, 0) is 4.79 Å². The number of allylic oxidation sites excluding steroid dienone is 1. The first-order chi connectivity index (χ1) is 7.58. The van der Waals surface area contributed by atoms with E-state index in [1.165, 1.54) is 11.8 Å². The van der Waals surface area contributed by atoms with Gasteiger partial charge in [-0.1, -0.05) is 47.1 Å². The molecular formula is C12H12Cl2OS. The van der Waals surface area contributed by atoms with Crippen LogP contribution in [0.2, 0.25) is 10.0 Å². The van der Waals surface area contributed by atoms with Crippen LogP contribution < -0.4 is 0 Å². The first-order valence-corrected chi connectivity index (χ1v) is 6.58. The van der Waals surface area contributed by atoms with Crippen molar-refractivity contribution in [3.8, 4) is 0 Å². The molecule has 1 aromatic rings. The van der Waals surface area contributed by atoms with Crippen molar-refractivity contribution in [2.24, 2.45) is 0 Å². The zero-order valence-corrected chi connectivity index (χ0v) is 11.2. The van der Waals surface area contributed by atoms with Crippen LogP contribution in [0.25, 0.3) is 6.08 Å². The first-order valence-electron chi connectivity index (χ1n) is 4.84.